The Labute approximate surface area is 112 Å². The molecular formula is C16H17NO2. The molecule has 2 aromatic carbocycles. The number of carbonyl (C=O) groups excluding carboxylic acids is 1. The Morgan fingerprint density at radius 1 is 1.00 bits per heavy atom. The first-order chi connectivity index (χ1) is 9.18. The van der Waals surface area contributed by atoms with E-state index in [1.165, 1.54) is 0 Å². The number of hydrogen-bond donors (Lipinski definition) is 2. The Bertz CT molecular complexity index is 525. The maximum absolute atomic E-state index is 12.0. The number of benzene rings is 2. The monoisotopic (exact) mass is 255 g/mol. The molecule has 0 aromatic heterocycles. The molecule has 0 heterocycles. The van der Waals surface area contributed by atoms with Gasteiger partial charge >= 0.3 is 0 Å². The second kappa shape index (κ2) is 6.16. The van der Waals surface area contributed by atoms with Gasteiger partial charge in [-0.15, -0.1) is 0 Å². The largest absolute Gasteiger partial charge is 0.386 e. The molecule has 2 N–H and O–H groups in total. The number of aliphatic hydroxyl groups excluding tert-OH is 1. The molecule has 0 aliphatic carbocycles. The van der Waals surface area contributed by atoms with Gasteiger partial charge in [0.2, 0.25) is 0 Å². The lowest BCUT2D eigenvalue weighted by molar-refractivity contribution is 0.0852. The highest BCUT2D eigenvalue weighted by Gasteiger charge is 2.18. The van der Waals surface area contributed by atoms with Gasteiger partial charge in [0.25, 0.3) is 5.91 Å². The topological polar surface area (TPSA) is 49.3 Å². The molecule has 19 heavy (non-hydrogen) atoms. The molecule has 0 saturated heterocycles. The highest BCUT2D eigenvalue weighted by atomic mass is 16.3. The van der Waals surface area contributed by atoms with E-state index in [-0.39, 0.29) is 11.9 Å². The van der Waals surface area contributed by atoms with E-state index in [2.05, 4.69) is 5.32 Å². The summed E-state index contributed by atoms with van der Waals surface area (Å²) >= 11 is 0. The van der Waals surface area contributed by atoms with Crippen molar-refractivity contribution >= 4 is 5.91 Å². The number of aliphatic hydroxyl groups is 1. The zero-order chi connectivity index (χ0) is 13.7. The van der Waals surface area contributed by atoms with Gasteiger partial charge in [-0.1, -0.05) is 48.5 Å². The standard InChI is InChI=1S/C16H17NO2/c1-12(15(18)13-8-4-2-5-9-13)17-16(19)14-10-6-3-7-11-14/h2-12,15,18H,1H3,(H,17,19)/t12-,15-/m1/s1. The van der Waals surface area contributed by atoms with Gasteiger partial charge in [0.15, 0.2) is 0 Å². The number of amides is 1. The van der Waals surface area contributed by atoms with Crippen molar-refractivity contribution in [3.05, 3.63) is 71.8 Å². The summed E-state index contributed by atoms with van der Waals surface area (Å²) in [6, 6.07) is 17.9. The van der Waals surface area contributed by atoms with Gasteiger partial charge in [-0.05, 0) is 24.6 Å². The summed E-state index contributed by atoms with van der Waals surface area (Å²) in [7, 11) is 0. The van der Waals surface area contributed by atoms with Crippen LogP contribution in [0.4, 0.5) is 0 Å². The van der Waals surface area contributed by atoms with Crippen molar-refractivity contribution in [1.29, 1.82) is 0 Å². The summed E-state index contributed by atoms with van der Waals surface area (Å²) in [5.74, 6) is -0.178. The van der Waals surface area contributed by atoms with Crippen molar-refractivity contribution in [2.45, 2.75) is 19.1 Å². The van der Waals surface area contributed by atoms with Gasteiger partial charge < -0.3 is 10.4 Å². The quantitative estimate of drug-likeness (QED) is 0.882. The van der Waals surface area contributed by atoms with Crippen LogP contribution in [0, 0.1) is 0 Å². The summed E-state index contributed by atoms with van der Waals surface area (Å²) in [6.07, 6.45) is -0.714. The normalized spacial score (nSPS) is 13.6. The van der Waals surface area contributed by atoms with E-state index in [9.17, 15) is 9.90 Å². The molecule has 3 nitrogen and oxygen atoms in total. The first-order valence-electron chi connectivity index (χ1n) is 6.27. The third-order valence-corrected chi connectivity index (χ3v) is 3.01. The van der Waals surface area contributed by atoms with Crippen molar-refractivity contribution < 1.29 is 9.90 Å². The minimum Gasteiger partial charge on any atom is -0.386 e. The van der Waals surface area contributed by atoms with Crippen LogP contribution in [0.2, 0.25) is 0 Å². The molecule has 2 aromatic rings. The highest BCUT2D eigenvalue weighted by Crippen LogP contribution is 2.16. The number of rotatable bonds is 4. The second-order valence-corrected chi connectivity index (χ2v) is 4.48. The first kappa shape index (κ1) is 13.3. The van der Waals surface area contributed by atoms with E-state index >= 15 is 0 Å². The molecule has 0 unspecified atom stereocenters. The Morgan fingerprint density at radius 3 is 2.11 bits per heavy atom. The fourth-order valence-corrected chi connectivity index (χ4v) is 1.90. The lowest BCUT2D eigenvalue weighted by Gasteiger charge is -2.20. The van der Waals surface area contributed by atoms with Crippen LogP contribution in [0.25, 0.3) is 0 Å². The van der Waals surface area contributed by atoms with Gasteiger partial charge in [-0.3, -0.25) is 4.79 Å². The predicted octanol–water partition coefficient (Wildman–Crippen LogP) is 2.54. The van der Waals surface area contributed by atoms with E-state index in [1.807, 2.05) is 48.5 Å². The zero-order valence-corrected chi connectivity index (χ0v) is 10.8. The summed E-state index contributed by atoms with van der Waals surface area (Å²) in [6.45, 7) is 1.79. The molecule has 0 radical (unpaired) electrons. The minimum absolute atomic E-state index is 0.178. The molecule has 0 aliphatic heterocycles. The fourth-order valence-electron chi connectivity index (χ4n) is 1.90. The number of hydrogen-bond acceptors (Lipinski definition) is 2. The van der Waals surface area contributed by atoms with E-state index in [0.717, 1.165) is 5.56 Å². The van der Waals surface area contributed by atoms with Gasteiger partial charge in [0.05, 0.1) is 12.1 Å². The van der Waals surface area contributed by atoms with Crippen LogP contribution in [-0.4, -0.2) is 17.1 Å². The Kier molecular flexibility index (Phi) is 4.31. The third-order valence-electron chi connectivity index (χ3n) is 3.01. The van der Waals surface area contributed by atoms with Crippen LogP contribution in [0.3, 0.4) is 0 Å². The molecule has 0 saturated carbocycles. The smallest absolute Gasteiger partial charge is 0.251 e. The van der Waals surface area contributed by atoms with E-state index in [0.29, 0.717) is 5.56 Å². The first-order valence-corrected chi connectivity index (χ1v) is 6.27. The van der Waals surface area contributed by atoms with Crippen molar-refractivity contribution in [1.82, 2.24) is 5.32 Å². The summed E-state index contributed by atoms with van der Waals surface area (Å²) in [5, 5.41) is 13.0. The van der Waals surface area contributed by atoms with Gasteiger partial charge in [-0.2, -0.15) is 0 Å². The van der Waals surface area contributed by atoms with Crippen molar-refractivity contribution in [3.63, 3.8) is 0 Å². The average Bonchev–Trinajstić information content (AvgIpc) is 2.48. The predicted molar refractivity (Wildman–Crippen MR) is 74.8 cm³/mol. The highest BCUT2D eigenvalue weighted by molar-refractivity contribution is 5.94. The van der Waals surface area contributed by atoms with Gasteiger partial charge in [0, 0.05) is 5.56 Å². The maximum atomic E-state index is 12.0. The maximum Gasteiger partial charge on any atom is 0.251 e. The molecule has 2 atom stereocenters. The van der Waals surface area contributed by atoms with E-state index in [1.54, 1.807) is 19.1 Å². The van der Waals surface area contributed by atoms with Crippen LogP contribution in [0.15, 0.2) is 60.7 Å². The Balaban J connectivity index is 2.02. The van der Waals surface area contributed by atoms with Crippen molar-refractivity contribution in [3.8, 4) is 0 Å². The second-order valence-electron chi connectivity index (χ2n) is 4.48. The van der Waals surface area contributed by atoms with Crippen molar-refractivity contribution in [2.75, 3.05) is 0 Å². The van der Waals surface area contributed by atoms with Crippen LogP contribution < -0.4 is 5.32 Å². The van der Waals surface area contributed by atoms with Crippen LogP contribution >= 0.6 is 0 Å². The summed E-state index contributed by atoms with van der Waals surface area (Å²) < 4.78 is 0. The SMILES string of the molecule is C[C@@H](NC(=O)c1ccccc1)[C@@H](O)c1ccccc1. The molecule has 1 amide bonds. The summed E-state index contributed by atoms with van der Waals surface area (Å²) in [5.41, 5.74) is 1.39. The fraction of sp³-hybridized carbons (Fsp3) is 0.188. The molecule has 2 rings (SSSR count). The number of carbonyl (C=O) groups is 1. The van der Waals surface area contributed by atoms with E-state index in [4.69, 9.17) is 0 Å². The van der Waals surface area contributed by atoms with Gasteiger partial charge in [-0.25, -0.2) is 0 Å². The lowest BCUT2D eigenvalue weighted by atomic mass is 10.0. The Morgan fingerprint density at radius 2 is 1.53 bits per heavy atom. The molecule has 0 bridgehead atoms. The van der Waals surface area contributed by atoms with Crippen LogP contribution in [0.5, 0.6) is 0 Å². The lowest BCUT2D eigenvalue weighted by Crippen LogP contribution is -2.37. The minimum atomic E-state index is -0.714. The zero-order valence-electron chi connectivity index (χ0n) is 10.8. The molecule has 0 spiro atoms. The molecule has 98 valence electrons. The number of nitrogens with one attached hydrogen (secondary N) is 1. The molecule has 0 aliphatic rings. The third kappa shape index (κ3) is 3.42. The van der Waals surface area contributed by atoms with Crippen LogP contribution in [-0.2, 0) is 0 Å². The molecular weight excluding hydrogens is 238 g/mol. The van der Waals surface area contributed by atoms with E-state index < -0.39 is 6.10 Å². The van der Waals surface area contributed by atoms with Gasteiger partial charge in [0.1, 0.15) is 0 Å². The average molecular weight is 255 g/mol. The summed E-state index contributed by atoms with van der Waals surface area (Å²) in [4.78, 5) is 12.0. The van der Waals surface area contributed by atoms with Crippen LogP contribution in [0.1, 0.15) is 28.9 Å². The van der Waals surface area contributed by atoms with Crippen molar-refractivity contribution in [2.24, 2.45) is 0 Å². The Hall–Kier alpha value is -2.13. The molecule has 0 fully saturated rings. The molecule has 3 heteroatoms.